The summed E-state index contributed by atoms with van der Waals surface area (Å²) in [4.78, 5) is 17.5. The highest BCUT2D eigenvalue weighted by molar-refractivity contribution is 6.43. The molecular formula is C26H26Cl3N3O. The van der Waals surface area contributed by atoms with Crippen LogP contribution < -0.4 is 10.2 Å². The molecule has 172 valence electrons. The fraction of sp³-hybridized carbons (Fsp3) is 0.269. The Morgan fingerprint density at radius 3 is 2.42 bits per heavy atom. The molecule has 1 unspecified atom stereocenters. The standard InChI is InChI=1S/C26H25Cl2N3O.ClH/c1-17(30-11-13-31(14-12-30)24-8-4-7-23(27)25(24)28)29-26(32)19-9-10-22-20(16-19)15-18-5-2-3-6-21(18)22;/h2-10,16-17H,11-15H2,1H3,(H,29,32);1H. The number of hydrogen-bond acceptors (Lipinski definition) is 3. The van der Waals surface area contributed by atoms with Crippen molar-refractivity contribution in [3.8, 4) is 11.1 Å². The van der Waals surface area contributed by atoms with Crippen LogP contribution in [0.5, 0.6) is 0 Å². The predicted octanol–water partition coefficient (Wildman–Crippen LogP) is 5.88. The summed E-state index contributed by atoms with van der Waals surface area (Å²) in [7, 11) is 0. The van der Waals surface area contributed by atoms with Gasteiger partial charge in [-0.2, -0.15) is 0 Å². The molecule has 1 aliphatic carbocycles. The minimum atomic E-state index is -0.0510. The molecule has 1 atom stereocenters. The first-order valence-corrected chi connectivity index (χ1v) is 11.7. The van der Waals surface area contributed by atoms with E-state index in [1.807, 2.05) is 31.2 Å². The highest BCUT2D eigenvalue weighted by atomic mass is 35.5. The monoisotopic (exact) mass is 501 g/mol. The number of benzene rings is 3. The molecule has 3 aromatic rings. The van der Waals surface area contributed by atoms with Crippen LogP contribution >= 0.6 is 35.6 Å². The lowest BCUT2D eigenvalue weighted by Gasteiger charge is -2.39. The van der Waals surface area contributed by atoms with E-state index in [2.05, 4.69) is 45.4 Å². The number of hydrogen-bond donors (Lipinski definition) is 1. The summed E-state index contributed by atoms with van der Waals surface area (Å²) in [5, 5.41) is 4.35. The molecule has 0 aromatic heterocycles. The van der Waals surface area contributed by atoms with Gasteiger partial charge < -0.3 is 10.2 Å². The zero-order chi connectivity index (χ0) is 22.2. The Morgan fingerprint density at radius 2 is 1.64 bits per heavy atom. The fourth-order valence-electron chi connectivity index (χ4n) is 4.74. The van der Waals surface area contributed by atoms with E-state index in [-0.39, 0.29) is 24.5 Å². The Hall–Kier alpha value is -2.24. The van der Waals surface area contributed by atoms with Crippen molar-refractivity contribution in [3.63, 3.8) is 0 Å². The van der Waals surface area contributed by atoms with Crippen molar-refractivity contribution in [3.05, 3.63) is 87.4 Å². The normalized spacial score (nSPS) is 15.9. The Kier molecular flexibility index (Phi) is 7.20. The summed E-state index contributed by atoms with van der Waals surface area (Å²) >= 11 is 12.6. The van der Waals surface area contributed by atoms with E-state index in [9.17, 15) is 4.79 Å². The van der Waals surface area contributed by atoms with Crippen LogP contribution in [0.4, 0.5) is 5.69 Å². The van der Waals surface area contributed by atoms with Gasteiger partial charge in [-0.15, -0.1) is 12.4 Å². The summed E-state index contributed by atoms with van der Waals surface area (Å²) in [5.41, 5.74) is 6.74. The second kappa shape index (κ2) is 9.94. The van der Waals surface area contributed by atoms with Crippen LogP contribution in [0, 0.1) is 0 Å². The smallest absolute Gasteiger partial charge is 0.252 e. The van der Waals surface area contributed by atoms with E-state index in [0.29, 0.717) is 15.6 Å². The number of piperazine rings is 1. The zero-order valence-electron chi connectivity index (χ0n) is 18.4. The number of anilines is 1. The number of nitrogens with one attached hydrogen (secondary N) is 1. The lowest BCUT2D eigenvalue weighted by Crippen LogP contribution is -2.54. The van der Waals surface area contributed by atoms with Crippen molar-refractivity contribution >= 4 is 47.2 Å². The van der Waals surface area contributed by atoms with Crippen molar-refractivity contribution < 1.29 is 4.79 Å². The molecule has 1 N–H and O–H groups in total. The number of rotatable bonds is 4. The lowest BCUT2D eigenvalue weighted by molar-refractivity contribution is 0.0857. The maximum absolute atomic E-state index is 13.0. The van der Waals surface area contributed by atoms with E-state index in [0.717, 1.165) is 38.3 Å². The summed E-state index contributed by atoms with van der Waals surface area (Å²) in [6.07, 6.45) is 0.834. The molecule has 1 fully saturated rings. The molecule has 0 radical (unpaired) electrons. The maximum atomic E-state index is 13.0. The molecule has 0 saturated carbocycles. The van der Waals surface area contributed by atoms with Crippen molar-refractivity contribution in [1.82, 2.24) is 10.2 Å². The van der Waals surface area contributed by atoms with E-state index >= 15 is 0 Å². The maximum Gasteiger partial charge on any atom is 0.252 e. The molecule has 1 heterocycles. The number of nitrogens with zero attached hydrogens (tertiary/aromatic N) is 2. The van der Waals surface area contributed by atoms with Crippen molar-refractivity contribution in [2.45, 2.75) is 19.5 Å². The molecule has 7 heteroatoms. The molecule has 33 heavy (non-hydrogen) atoms. The van der Waals surface area contributed by atoms with Gasteiger partial charge in [0.2, 0.25) is 0 Å². The molecule has 0 bridgehead atoms. The molecule has 5 rings (SSSR count). The first-order chi connectivity index (χ1) is 15.5. The highest BCUT2D eigenvalue weighted by Crippen LogP contribution is 2.37. The van der Waals surface area contributed by atoms with Gasteiger partial charge in [-0.25, -0.2) is 0 Å². The van der Waals surface area contributed by atoms with Crippen LogP contribution in [-0.4, -0.2) is 43.2 Å². The van der Waals surface area contributed by atoms with Gasteiger partial charge in [0.1, 0.15) is 0 Å². The third-order valence-corrected chi connectivity index (χ3v) is 7.34. The van der Waals surface area contributed by atoms with Gasteiger partial charge in [-0.05, 0) is 59.9 Å². The lowest BCUT2D eigenvalue weighted by atomic mass is 10.0. The fourth-order valence-corrected chi connectivity index (χ4v) is 5.15. The topological polar surface area (TPSA) is 35.6 Å². The molecule has 4 nitrogen and oxygen atoms in total. The van der Waals surface area contributed by atoms with Gasteiger partial charge in [-0.3, -0.25) is 9.69 Å². The van der Waals surface area contributed by atoms with Crippen LogP contribution in [0.25, 0.3) is 11.1 Å². The second-order valence-electron chi connectivity index (χ2n) is 8.45. The zero-order valence-corrected chi connectivity index (χ0v) is 20.7. The Morgan fingerprint density at radius 1 is 0.909 bits per heavy atom. The number of halogens is 3. The van der Waals surface area contributed by atoms with Crippen LogP contribution in [0.15, 0.2) is 60.7 Å². The Bertz CT molecular complexity index is 1180. The highest BCUT2D eigenvalue weighted by Gasteiger charge is 2.25. The van der Waals surface area contributed by atoms with Gasteiger partial charge in [0.15, 0.2) is 0 Å². The van der Waals surface area contributed by atoms with Gasteiger partial charge in [0, 0.05) is 31.7 Å². The van der Waals surface area contributed by atoms with Crippen LogP contribution in [0.1, 0.15) is 28.4 Å². The van der Waals surface area contributed by atoms with Crippen LogP contribution in [0.3, 0.4) is 0 Å². The second-order valence-corrected chi connectivity index (χ2v) is 9.24. The third kappa shape index (κ3) is 4.71. The molecule has 2 aliphatic rings. The van der Waals surface area contributed by atoms with Crippen LogP contribution in [0.2, 0.25) is 10.0 Å². The summed E-state index contributed by atoms with van der Waals surface area (Å²) in [6, 6.07) is 20.2. The number of amides is 1. The van der Waals surface area contributed by atoms with Crippen LogP contribution in [-0.2, 0) is 6.42 Å². The van der Waals surface area contributed by atoms with Crippen molar-refractivity contribution in [2.24, 2.45) is 0 Å². The third-order valence-electron chi connectivity index (χ3n) is 6.53. The molecule has 1 saturated heterocycles. The van der Waals surface area contributed by atoms with Crippen molar-refractivity contribution in [2.75, 3.05) is 31.1 Å². The summed E-state index contributed by atoms with van der Waals surface area (Å²) in [6.45, 7) is 5.38. The van der Waals surface area contributed by atoms with Gasteiger partial charge in [0.05, 0.1) is 21.9 Å². The minimum absolute atomic E-state index is 0. The largest absolute Gasteiger partial charge is 0.368 e. The molecule has 1 aliphatic heterocycles. The molecular weight excluding hydrogens is 477 g/mol. The van der Waals surface area contributed by atoms with E-state index in [1.54, 1.807) is 6.07 Å². The number of fused-ring (bicyclic) bond motifs is 3. The SMILES string of the molecule is CC(NC(=O)c1ccc2c(c1)Cc1ccccc1-2)N1CCN(c2cccc(Cl)c2Cl)CC1.Cl. The first kappa shape index (κ1) is 23.9. The van der Waals surface area contributed by atoms with E-state index in [4.69, 9.17) is 23.2 Å². The number of carbonyl (C=O) groups is 1. The summed E-state index contributed by atoms with van der Waals surface area (Å²) < 4.78 is 0. The predicted molar refractivity (Wildman–Crippen MR) is 139 cm³/mol. The Labute approximate surface area is 210 Å². The van der Waals surface area contributed by atoms with Gasteiger partial charge >= 0.3 is 0 Å². The number of carbonyl (C=O) groups excluding carboxylic acids is 1. The Balaban J connectivity index is 0.00000259. The molecule has 3 aromatic carbocycles. The van der Waals surface area contributed by atoms with Gasteiger partial charge in [-0.1, -0.05) is 59.6 Å². The minimum Gasteiger partial charge on any atom is -0.368 e. The quantitative estimate of drug-likeness (QED) is 0.378. The molecule has 0 spiro atoms. The van der Waals surface area contributed by atoms with E-state index < -0.39 is 0 Å². The summed E-state index contributed by atoms with van der Waals surface area (Å²) in [5.74, 6) is -0.0310. The average molecular weight is 503 g/mol. The average Bonchev–Trinajstić information content (AvgIpc) is 3.19. The van der Waals surface area contributed by atoms with E-state index in [1.165, 1.54) is 22.3 Å². The van der Waals surface area contributed by atoms with Gasteiger partial charge in [0.25, 0.3) is 5.91 Å². The first-order valence-electron chi connectivity index (χ1n) is 11.0. The van der Waals surface area contributed by atoms with Crippen molar-refractivity contribution in [1.29, 1.82) is 0 Å². The molecule has 1 amide bonds.